The number of ether oxygens (including phenoxy) is 1. The number of fused-ring (bicyclic) bond motifs is 5. The van der Waals surface area contributed by atoms with E-state index in [1.807, 2.05) is 0 Å². The molecule has 0 unspecified atom stereocenters. The van der Waals surface area contributed by atoms with E-state index in [2.05, 4.69) is 12.2 Å². The Morgan fingerprint density at radius 3 is 2.05 bits per heavy atom. The van der Waals surface area contributed by atoms with Crippen LogP contribution in [0.25, 0.3) is 0 Å². The Balaban J connectivity index is 1.70. The fraction of sp³-hybridized carbons (Fsp3) is 0.375. The van der Waals surface area contributed by atoms with Crippen molar-refractivity contribution < 1.29 is 14.3 Å². The van der Waals surface area contributed by atoms with E-state index >= 15 is 0 Å². The number of carbonyl (C=O) groups is 2. The molecule has 0 spiro atoms. The molecule has 2 amide bonds. The van der Waals surface area contributed by atoms with E-state index in [1.54, 1.807) is 31.4 Å². The van der Waals surface area contributed by atoms with Crippen LogP contribution in [-0.4, -0.2) is 18.9 Å². The molecular weight excluding hydrogens is 254 g/mol. The lowest BCUT2D eigenvalue weighted by molar-refractivity contribution is -0.123. The predicted molar refractivity (Wildman–Crippen MR) is 73.2 cm³/mol. The number of hydrogen-bond donors (Lipinski definition) is 0. The molecule has 3 aliphatic rings. The van der Waals surface area contributed by atoms with E-state index in [9.17, 15) is 9.59 Å². The summed E-state index contributed by atoms with van der Waals surface area (Å²) in [4.78, 5) is 26.5. The second-order valence-electron chi connectivity index (χ2n) is 5.71. The van der Waals surface area contributed by atoms with Crippen LogP contribution < -0.4 is 9.64 Å². The van der Waals surface area contributed by atoms with Gasteiger partial charge in [0.25, 0.3) is 0 Å². The molecule has 4 nitrogen and oxygen atoms in total. The van der Waals surface area contributed by atoms with Gasteiger partial charge in [0.15, 0.2) is 0 Å². The van der Waals surface area contributed by atoms with E-state index in [1.165, 1.54) is 4.90 Å². The lowest BCUT2D eigenvalue weighted by Gasteiger charge is -2.17. The maximum Gasteiger partial charge on any atom is 0.238 e. The fourth-order valence-electron chi connectivity index (χ4n) is 3.89. The van der Waals surface area contributed by atoms with Crippen molar-refractivity contribution in [3.8, 4) is 5.75 Å². The normalized spacial score (nSPS) is 34.0. The second-order valence-corrected chi connectivity index (χ2v) is 5.71. The summed E-state index contributed by atoms with van der Waals surface area (Å²) in [5.74, 6) is 0.868. The van der Waals surface area contributed by atoms with Crippen molar-refractivity contribution in [2.45, 2.75) is 6.42 Å². The molecule has 20 heavy (non-hydrogen) atoms. The molecule has 1 saturated carbocycles. The highest BCUT2D eigenvalue weighted by Gasteiger charge is 2.59. The van der Waals surface area contributed by atoms with E-state index < -0.39 is 0 Å². The lowest BCUT2D eigenvalue weighted by Crippen LogP contribution is -2.32. The Kier molecular flexibility index (Phi) is 2.31. The molecule has 1 heterocycles. The summed E-state index contributed by atoms with van der Waals surface area (Å²) >= 11 is 0. The Morgan fingerprint density at radius 1 is 1.00 bits per heavy atom. The summed E-state index contributed by atoms with van der Waals surface area (Å²) in [6.45, 7) is 0. The van der Waals surface area contributed by atoms with Crippen LogP contribution in [0, 0.1) is 23.7 Å². The van der Waals surface area contributed by atoms with Crippen LogP contribution in [0.3, 0.4) is 0 Å². The number of rotatable bonds is 2. The SMILES string of the molecule is COc1ccc(N2C(=O)[C@@H]3[C@H](C2=O)[C@@H]2C=C[C@H]3C2)cc1. The number of imide groups is 1. The zero-order chi connectivity index (χ0) is 13.9. The summed E-state index contributed by atoms with van der Waals surface area (Å²) in [6.07, 6.45) is 5.17. The summed E-state index contributed by atoms with van der Waals surface area (Å²) in [6, 6.07) is 7.09. The molecule has 2 aliphatic carbocycles. The zero-order valence-electron chi connectivity index (χ0n) is 11.2. The average Bonchev–Trinajstić information content (AvgIpc) is 3.14. The average molecular weight is 269 g/mol. The van der Waals surface area contributed by atoms with Gasteiger partial charge in [-0.25, -0.2) is 0 Å². The Hall–Kier alpha value is -2.10. The van der Waals surface area contributed by atoms with Gasteiger partial charge in [0, 0.05) is 0 Å². The van der Waals surface area contributed by atoms with Crippen molar-refractivity contribution in [3.05, 3.63) is 36.4 Å². The third-order valence-corrected chi connectivity index (χ3v) is 4.80. The fourth-order valence-corrected chi connectivity index (χ4v) is 3.89. The maximum atomic E-state index is 12.6. The van der Waals surface area contributed by atoms with Crippen LogP contribution in [0.2, 0.25) is 0 Å². The molecule has 4 rings (SSSR count). The summed E-state index contributed by atoms with van der Waals surface area (Å²) in [5, 5.41) is 0. The topological polar surface area (TPSA) is 46.6 Å². The van der Waals surface area contributed by atoms with Crippen LogP contribution in [0.15, 0.2) is 36.4 Å². The van der Waals surface area contributed by atoms with E-state index in [-0.39, 0.29) is 35.5 Å². The molecule has 0 aromatic heterocycles. The van der Waals surface area contributed by atoms with Gasteiger partial charge in [-0.05, 0) is 42.5 Å². The molecule has 102 valence electrons. The first-order valence-electron chi connectivity index (χ1n) is 6.91. The Bertz CT molecular complexity index is 589. The molecule has 2 fully saturated rings. The smallest absolute Gasteiger partial charge is 0.238 e. The number of hydrogen-bond acceptors (Lipinski definition) is 3. The number of allylic oxidation sites excluding steroid dienone is 2. The molecule has 2 bridgehead atoms. The number of benzene rings is 1. The second kappa shape index (κ2) is 3.95. The van der Waals surface area contributed by atoms with Crippen LogP contribution in [0.4, 0.5) is 5.69 Å². The number of methoxy groups -OCH3 is 1. The lowest BCUT2D eigenvalue weighted by atomic mass is 9.85. The van der Waals surface area contributed by atoms with Crippen LogP contribution in [0.1, 0.15) is 6.42 Å². The Morgan fingerprint density at radius 2 is 1.55 bits per heavy atom. The first kappa shape index (κ1) is 11.7. The minimum absolute atomic E-state index is 0.0398. The largest absolute Gasteiger partial charge is 0.497 e. The summed E-state index contributed by atoms with van der Waals surface area (Å²) in [5.41, 5.74) is 0.648. The van der Waals surface area contributed by atoms with E-state index in [0.29, 0.717) is 5.69 Å². The van der Waals surface area contributed by atoms with Crippen molar-refractivity contribution >= 4 is 17.5 Å². The molecule has 0 radical (unpaired) electrons. The van der Waals surface area contributed by atoms with Gasteiger partial charge in [-0.1, -0.05) is 12.2 Å². The highest BCUT2D eigenvalue weighted by molar-refractivity contribution is 6.22. The third kappa shape index (κ3) is 1.36. The standard InChI is InChI=1S/C16H15NO3/c1-20-12-6-4-11(5-7-12)17-15(18)13-9-2-3-10(8-9)14(13)16(17)19/h2-7,9-10,13-14H,8H2,1H3/t9-,10+,13-,14+. The van der Waals surface area contributed by atoms with Crippen LogP contribution in [-0.2, 0) is 9.59 Å². The first-order valence-corrected chi connectivity index (χ1v) is 6.91. The summed E-state index contributed by atoms with van der Waals surface area (Å²) in [7, 11) is 1.59. The van der Waals surface area contributed by atoms with Gasteiger partial charge in [-0.15, -0.1) is 0 Å². The van der Waals surface area contributed by atoms with Crippen molar-refractivity contribution in [2.75, 3.05) is 12.0 Å². The molecule has 4 heteroatoms. The highest BCUT2D eigenvalue weighted by atomic mass is 16.5. The van der Waals surface area contributed by atoms with Gasteiger partial charge < -0.3 is 4.74 Å². The van der Waals surface area contributed by atoms with Crippen LogP contribution >= 0.6 is 0 Å². The third-order valence-electron chi connectivity index (χ3n) is 4.80. The van der Waals surface area contributed by atoms with E-state index in [0.717, 1.165) is 12.2 Å². The monoisotopic (exact) mass is 269 g/mol. The highest BCUT2D eigenvalue weighted by Crippen LogP contribution is 2.53. The van der Waals surface area contributed by atoms with Gasteiger partial charge in [0.05, 0.1) is 24.6 Å². The Labute approximate surface area is 117 Å². The number of nitrogens with zero attached hydrogens (tertiary/aromatic N) is 1. The van der Waals surface area contributed by atoms with Gasteiger partial charge in [-0.3, -0.25) is 14.5 Å². The quantitative estimate of drug-likeness (QED) is 0.609. The molecule has 1 aromatic rings. The molecule has 0 N–H and O–H groups in total. The van der Waals surface area contributed by atoms with Gasteiger partial charge in [0.2, 0.25) is 11.8 Å². The van der Waals surface area contributed by atoms with Crippen molar-refractivity contribution in [3.63, 3.8) is 0 Å². The minimum atomic E-state index is -0.139. The van der Waals surface area contributed by atoms with Gasteiger partial charge in [0.1, 0.15) is 5.75 Å². The molecular formula is C16H15NO3. The molecule has 1 aromatic carbocycles. The molecule has 4 atom stereocenters. The number of amides is 2. The van der Waals surface area contributed by atoms with E-state index in [4.69, 9.17) is 4.74 Å². The first-order chi connectivity index (χ1) is 9.70. The number of carbonyl (C=O) groups excluding carboxylic acids is 2. The van der Waals surface area contributed by atoms with Gasteiger partial charge in [-0.2, -0.15) is 0 Å². The maximum absolute atomic E-state index is 12.6. The van der Waals surface area contributed by atoms with Crippen LogP contribution in [0.5, 0.6) is 5.75 Å². The van der Waals surface area contributed by atoms with Gasteiger partial charge >= 0.3 is 0 Å². The number of anilines is 1. The minimum Gasteiger partial charge on any atom is -0.497 e. The molecule has 1 aliphatic heterocycles. The zero-order valence-corrected chi connectivity index (χ0v) is 11.2. The molecule has 1 saturated heterocycles. The van der Waals surface area contributed by atoms with Crippen molar-refractivity contribution in [1.29, 1.82) is 0 Å². The van der Waals surface area contributed by atoms with Crippen molar-refractivity contribution in [1.82, 2.24) is 0 Å². The predicted octanol–water partition coefficient (Wildman–Crippen LogP) is 2.01. The summed E-state index contributed by atoms with van der Waals surface area (Å²) < 4.78 is 5.11. The van der Waals surface area contributed by atoms with Crippen molar-refractivity contribution in [2.24, 2.45) is 23.7 Å².